The molecule has 2 atom stereocenters. The fourth-order valence-corrected chi connectivity index (χ4v) is 2.62. The van der Waals surface area contributed by atoms with Crippen LogP contribution in [0.5, 0.6) is 0 Å². The topological polar surface area (TPSA) is 102 Å². The van der Waals surface area contributed by atoms with E-state index in [1.54, 1.807) is 38.1 Å². The molecule has 1 saturated heterocycles. The molecule has 7 heteroatoms. The summed E-state index contributed by atoms with van der Waals surface area (Å²) in [5, 5.41) is 2.70. The van der Waals surface area contributed by atoms with Gasteiger partial charge in [0.15, 0.2) is 0 Å². The number of carbonyl (C=O) groups excluding carboxylic acids is 3. The number of nitrogens with zero attached hydrogens (tertiary/aromatic N) is 1. The zero-order chi connectivity index (χ0) is 19.2. The van der Waals surface area contributed by atoms with Crippen LogP contribution in [0.15, 0.2) is 24.3 Å². The Labute approximate surface area is 148 Å². The number of para-hydroxylation sites is 2. The highest BCUT2D eigenvalue weighted by atomic mass is 16.5. The minimum atomic E-state index is -1.23. The van der Waals surface area contributed by atoms with Gasteiger partial charge in [-0.2, -0.15) is 0 Å². The molecule has 0 aliphatic carbocycles. The number of hydrogen-bond acceptors (Lipinski definition) is 5. The van der Waals surface area contributed by atoms with Gasteiger partial charge in [0.25, 0.3) is 0 Å². The molecule has 3 N–H and O–H groups in total. The van der Waals surface area contributed by atoms with Crippen LogP contribution in [0.1, 0.15) is 34.1 Å². The van der Waals surface area contributed by atoms with Crippen molar-refractivity contribution >= 4 is 29.2 Å². The lowest BCUT2D eigenvalue weighted by Gasteiger charge is -2.26. The van der Waals surface area contributed by atoms with Gasteiger partial charge in [-0.1, -0.05) is 26.0 Å². The van der Waals surface area contributed by atoms with E-state index in [1.807, 2.05) is 13.8 Å². The van der Waals surface area contributed by atoms with Crippen LogP contribution < -0.4 is 11.1 Å². The molecule has 0 spiro atoms. The zero-order valence-corrected chi connectivity index (χ0v) is 15.5. The number of ether oxygens (including phenoxy) is 1. The molecular weight excluding hydrogens is 322 g/mol. The van der Waals surface area contributed by atoms with Crippen LogP contribution in [0.4, 0.5) is 11.4 Å². The monoisotopic (exact) mass is 349 g/mol. The summed E-state index contributed by atoms with van der Waals surface area (Å²) in [5.74, 6) is -1.32. The SMILES string of the molecule is CC.COC(=O)[C@@H](C)N1CCC(C)(C(=O)Nc2ccccc2N)C1=O. The molecule has 1 fully saturated rings. The molecule has 7 nitrogen and oxygen atoms in total. The van der Waals surface area contributed by atoms with Crippen molar-refractivity contribution in [1.82, 2.24) is 4.90 Å². The number of likely N-dealkylation sites (tertiary alicyclic amines) is 1. The first-order valence-corrected chi connectivity index (χ1v) is 8.36. The predicted molar refractivity (Wildman–Crippen MR) is 96.7 cm³/mol. The Bertz CT molecular complexity index is 647. The van der Waals surface area contributed by atoms with E-state index < -0.39 is 23.3 Å². The molecule has 25 heavy (non-hydrogen) atoms. The molecule has 0 aromatic heterocycles. The summed E-state index contributed by atoms with van der Waals surface area (Å²) < 4.78 is 4.66. The number of nitrogen functional groups attached to an aromatic ring is 1. The van der Waals surface area contributed by atoms with E-state index in [0.29, 0.717) is 24.3 Å². The number of methoxy groups -OCH3 is 1. The number of esters is 1. The second kappa shape index (κ2) is 8.50. The third kappa shape index (κ3) is 4.10. The summed E-state index contributed by atoms with van der Waals surface area (Å²) in [6.07, 6.45) is 0.325. The number of nitrogens with two attached hydrogens (primary N) is 1. The first kappa shape index (κ1) is 20.5. The second-order valence-electron chi connectivity index (χ2n) is 5.82. The smallest absolute Gasteiger partial charge is 0.328 e. The first-order valence-electron chi connectivity index (χ1n) is 8.36. The van der Waals surface area contributed by atoms with Gasteiger partial charge in [0.1, 0.15) is 11.5 Å². The number of hydrogen-bond donors (Lipinski definition) is 2. The van der Waals surface area contributed by atoms with E-state index in [1.165, 1.54) is 12.0 Å². The van der Waals surface area contributed by atoms with Crippen LogP contribution >= 0.6 is 0 Å². The summed E-state index contributed by atoms with van der Waals surface area (Å²) in [6, 6.07) is 6.12. The lowest BCUT2D eigenvalue weighted by Crippen LogP contribution is -2.46. The fourth-order valence-electron chi connectivity index (χ4n) is 2.62. The third-order valence-corrected chi connectivity index (χ3v) is 4.31. The Balaban J connectivity index is 0.00000151. The summed E-state index contributed by atoms with van der Waals surface area (Å²) >= 11 is 0. The van der Waals surface area contributed by atoms with Gasteiger partial charge in [-0.3, -0.25) is 9.59 Å². The van der Waals surface area contributed by atoms with Gasteiger partial charge < -0.3 is 20.7 Å². The van der Waals surface area contributed by atoms with E-state index in [-0.39, 0.29) is 5.91 Å². The Hall–Kier alpha value is -2.57. The minimum absolute atomic E-state index is 0.323. The molecule has 0 radical (unpaired) electrons. The summed E-state index contributed by atoms with van der Waals surface area (Å²) in [6.45, 7) is 7.49. The molecule has 1 unspecified atom stereocenters. The second-order valence-corrected chi connectivity index (χ2v) is 5.82. The van der Waals surface area contributed by atoms with Gasteiger partial charge in [-0.05, 0) is 32.4 Å². The molecule has 1 aromatic rings. The Kier molecular flexibility index (Phi) is 6.97. The van der Waals surface area contributed by atoms with Crippen LogP contribution in [0.3, 0.4) is 0 Å². The van der Waals surface area contributed by atoms with Crippen LogP contribution in [0.2, 0.25) is 0 Å². The molecular formula is C18H27N3O4. The Morgan fingerprint density at radius 3 is 2.48 bits per heavy atom. The molecule has 138 valence electrons. The van der Waals surface area contributed by atoms with Crippen LogP contribution in [-0.4, -0.2) is 42.4 Å². The van der Waals surface area contributed by atoms with Crippen LogP contribution in [0.25, 0.3) is 0 Å². The molecule has 1 aliphatic heterocycles. The average molecular weight is 349 g/mol. The lowest BCUT2D eigenvalue weighted by atomic mass is 9.87. The van der Waals surface area contributed by atoms with Crippen molar-refractivity contribution in [2.75, 3.05) is 24.7 Å². The van der Waals surface area contributed by atoms with Crippen molar-refractivity contribution in [3.63, 3.8) is 0 Å². The zero-order valence-electron chi connectivity index (χ0n) is 15.5. The van der Waals surface area contributed by atoms with Crippen molar-refractivity contribution in [3.8, 4) is 0 Å². The maximum Gasteiger partial charge on any atom is 0.328 e. The molecule has 2 amide bonds. The van der Waals surface area contributed by atoms with E-state index in [2.05, 4.69) is 10.1 Å². The summed E-state index contributed by atoms with van der Waals surface area (Å²) in [4.78, 5) is 38.2. The lowest BCUT2D eigenvalue weighted by molar-refractivity contribution is -0.153. The van der Waals surface area contributed by atoms with Crippen LogP contribution in [-0.2, 0) is 19.1 Å². The fraction of sp³-hybridized carbons (Fsp3) is 0.500. The number of rotatable bonds is 4. The van der Waals surface area contributed by atoms with E-state index in [4.69, 9.17) is 5.73 Å². The molecule has 1 aromatic carbocycles. The molecule has 1 heterocycles. The van der Waals surface area contributed by atoms with Gasteiger partial charge in [0, 0.05) is 6.54 Å². The van der Waals surface area contributed by atoms with Crippen LogP contribution in [0, 0.1) is 5.41 Å². The third-order valence-electron chi connectivity index (χ3n) is 4.31. The van der Waals surface area contributed by atoms with E-state index in [9.17, 15) is 14.4 Å². The maximum absolute atomic E-state index is 12.6. The highest BCUT2D eigenvalue weighted by Crippen LogP contribution is 2.34. The number of carbonyl (C=O) groups is 3. The molecule has 0 saturated carbocycles. The van der Waals surface area contributed by atoms with Crippen molar-refractivity contribution in [2.24, 2.45) is 5.41 Å². The Morgan fingerprint density at radius 2 is 1.92 bits per heavy atom. The Morgan fingerprint density at radius 1 is 1.32 bits per heavy atom. The molecule has 1 aliphatic rings. The minimum Gasteiger partial charge on any atom is -0.467 e. The standard InChI is InChI=1S/C16H21N3O4.C2H6/c1-10(13(20)23-3)19-9-8-16(2,15(19)22)14(21)18-12-7-5-4-6-11(12)17;1-2/h4-7,10H,8-9,17H2,1-3H3,(H,18,21);1-2H3/t10-,16?;/m1./s1. The van der Waals surface area contributed by atoms with Gasteiger partial charge >= 0.3 is 5.97 Å². The first-order chi connectivity index (χ1) is 11.8. The largest absolute Gasteiger partial charge is 0.467 e. The number of nitrogens with one attached hydrogen (secondary N) is 1. The molecule has 2 rings (SSSR count). The normalized spacial score (nSPS) is 20.4. The highest BCUT2D eigenvalue weighted by molar-refractivity contribution is 6.12. The number of amides is 2. The van der Waals surface area contributed by atoms with Crippen molar-refractivity contribution in [3.05, 3.63) is 24.3 Å². The van der Waals surface area contributed by atoms with Gasteiger partial charge in [0.05, 0.1) is 18.5 Å². The summed E-state index contributed by atoms with van der Waals surface area (Å²) in [7, 11) is 1.27. The van der Waals surface area contributed by atoms with Crippen molar-refractivity contribution < 1.29 is 19.1 Å². The van der Waals surface area contributed by atoms with E-state index >= 15 is 0 Å². The van der Waals surface area contributed by atoms with Gasteiger partial charge in [0.2, 0.25) is 11.8 Å². The highest BCUT2D eigenvalue weighted by Gasteiger charge is 2.51. The maximum atomic E-state index is 12.6. The molecule has 0 bridgehead atoms. The number of benzene rings is 1. The van der Waals surface area contributed by atoms with Gasteiger partial charge in [-0.25, -0.2) is 4.79 Å². The predicted octanol–water partition coefficient (Wildman–Crippen LogP) is 2.03. The van der Waals surface area contributed by atoms with Crippen molar-refractivity contribution in [2.45, 2.75) is 40.2 Å². The quantitative estimate of drug-likeness (QED) is 0.492. The summed E-state index contributed by atoms with van der Waals surface area (Å²) in [5.41, 5.74) is 5.47. The average Bonchev–Trinajstić information content (AvgIpc) is 2.93. The van der Waals surface area contributed by atoms with E-state index in [0.717, 1.165) is 0 Å². The number of anilines is 2. The van der Waals surface area contributed by atoms with Gasteiger partial charge in [-0.15, -0.1) is 0 Å². The van der Waals surface area contributed by atoms with Crippen molar-refractivity contribution in [1.29, 1.82) is 0 Å².